The first kappa shape index (κ1) is 14.9. The number of hydrogen-bond acceptors (Lipinski definition) is 3. The molecule has 3 heteroatoms. The number of benzene rings is 1. The number of piperazine rings is 1. The molecule has 3 rings (SSSR count). The highest BCUT2D eigenvalue weighted by molar-refractivity contribution is 5.38. The van der Waals surface area contributed by atoms with Gasteiger partial charge in [0.2, 0.25) is 0 Å². The Hall–Kier alpha value is -1.06. The van der Waals surface area contributed by atoms with Gasteiger partial charge in [-0.1, -0.05) is 25.1 Å². The lowest BCUT2D eigenvalue weighted by atomic mass is 9.89. The highest BCUT2D eigenvalue weighted by atomic mass is 16.5. The molecule has 0 spiro atoms. The molecule has 2 aliphatic heterocycles. The summed E-state index contributed by atoms with van der Waals surface area (Å²) in [6, 6.07) is 9.17. The summed E-state index contributed by atoms with van der Waals surface area (Å²) in [5, 5.41) is 3.71. The maximum Gasteiger partial charge on any atom is 0.122 e. The zero-order valence-electron chi connectivity index (χ0n) is 13.6. The van der Waals surface area contributed by atoms with Crippen LogP contribution < -0.4 is 10.1 Å². The highest BCUT2D eigenvalue weighted by Crippen LogP contribution is 2.34. The first-order valence-electron chi connectivity index (χ1n) is 8.32. The predicted octanol–water partition coefficient (Wildman–Crippen LogP) is 3.02. The third kappa shape index (κ3) is 3.09. The molecule has 1 aromatic rings. The highest BCUT2D eigenvalue weighted by Gasteiger charge is 2.34. The maximum absolute atomic E-state index is 5.80. The molecular weight excluding hydrogens is 260 g/mol. The molecule has 1 aromatic carbocycles. The number of hydrogen-bond donors (Lipinski definition) is 1. The average Bonchev–Trinajstić information content (AvgIpc) is 2.51. The molecule has 0 amide bonds. The molecule has 21 heavy (non-hydrogen) atoms. The van der Waals surface area contributed by atoms with E-state index in [9.17, 15) is 0 Å². The van der Waals surface area contributed by atoms with Gasteiger partial charge in [-0.15, -0.1) is 0 Å². The standard InChI is InChI=1S/C18H28N2O/c1-4-18(3)13-20(14(2)11-19-18)12-15-9-10-21-17-8-6-5-7-16(15)17/h5-8,14-15,19H,4,9-13H2,1-3H3. The van der Waals surface area contributed by atoms with Crippen molar-refractivity contribution in [3.63, 3.8) is 0 Å². The lowest BCUT2D eigenvalue weighted by Gasteiger charge is -2.46. The number of nitrogens with zero attached hydrogens (tertiary/aromatic N) is 1. The van der Waals surface area contributed by atoms with Crippen molar-refractivity contribution in [2.45, 2.75) is 51.1 Å². The van der Waals surface area contributed by atoms with Gasteiger partial charge in [0.25, 0.3) is 0 Å². The first-order chi connectivity index (χ1) is 10.1. The number of ether oxygens (including phenoxy) is 1. The van der Waals surface area contributed by atoms with E-state index in [4.69, 9.17) is 4.74 Å². The molecular formula is C18H28N2O. The summed E-state index contributed by atoms with van der Waals surface area (Å²) in [4.78, 5) is 2.67. The molecule has 3 nitrogen and oxygen atoms in total. The van der Waals surface area contributed by atoms with Crippen LogP contribution in [0.5, 0.6) is 5.75 Å². The number of fused-ring (bicyclic) bond motifs is 1. The topological polar surface area (TPSA) is 24.5 Å². The van der Waals surface area contributed by atoms with Gasteiger partial charge in [0, 0.05) is 37.1 Å². The van der Waals surface area contributed by atoms with Gasteiger partial charge in [0.15, 0.2) is 0 Å². The molecule has 1 saturated heterocycles. The lowest BCUT2D eigenvalue weighted by Crippen LogP contribution is -2.62. The fourth-order valence-electron chi connectivity index (χ4n) is 3.55. The third-order valence-corrected chi connectivity index (χ3v) is 5.32. The monoisotopic (exact) mass is 288 g/mol. The van der Waals surface area contributed by atoms with Crippen molar-refractivity contribution in [1.82, 2.24) is 10.2 Å². The van der Waals surface area contributed by atoms with Crippen LogP contribution in [-0.4, -0.2) is 42.7 Å². The average molecular weight is 288 g/mol. The van der Waals surface area contributed by atoms with Crippen molar-refractivity contribution in [1.29, 1.82) is 0 Å². The van der Waals surface area contributed by atoms with Crippen LogP contribution in [-0.2, 0) is 0 Å². The Kier molecular flexibility index (Phi) is 4.23. The van der Waals surface area contributed by atoms with Crippen LogP contribution >= 0.6 is 0 Å². The van der Waals surface area contributed by atoms with Gasteiger partial charge in [-0.05, 0) is 38.3 Å². The van der Waals surface area contributed by atoms with E-state index in [2.05, 4.69) is 55.3 Å². The summed E-state index contributed by atoms with van der Waals surface area (Å²) in [6.45, 7) is 11.2. The van der Waals surface area contributed by atoms with E-state index in [1.165, 1.54) is 12.0 Å². The second-order valence-electron chi connectivity index (χ2n) is 6.95. The lowest BCUT2D eigenvalue weighted by molar-refractivity contribution is 0.0815. The SMILES string of the molecule is CCC1(C)CN(CC2CCOc3ccccc32)C(C)CN1. The minimum absolute atomic E-state index is 0.261. The van der Waals surface area contributed by atoms with Gasteiger partial charge < -0.3 is 10.1 Å². The molecule has 1 fully saturated rings. The number of nitrogens with one attached hydrogen (secondary N) is 1. The molecule has 0 aromatic heterocycles. The molecule has 116 valence electrons. The van der Waals surface area contributed by atoms with Crippen LogP contribution in [0.2, 0.25) is 0 Å². The van der Waals surface area contributed by atoms with Gasteiger partial charge in [-0.2, -0.15) is 0 Å². The van der Waals surface area contributed by atoms with Gasteiger partial charge in [0.1, 0.15) is 5.75 Å². The van der Waals surface area contributed by atoms with Gasteiger partial charge in [0.05, 0.1) is 6.61 Å². The normalized spacial score (nSPS) is 33.3. The van der Waals surface area contributed by atoms with Gasteiger partial charge in [-0.25, -0.2) is 0 Å². The summed E-state index contributed by atoms with van der Waals surface area (Å²) < 4.78 is 5.80. The van der Waals surface area contributed by atoms with Gasteiger partial charge in [-0.3, -0.25) is 4.90 Å². The molecule has 2 aliphatic rings. The number of rotatable bonds is 3. The van der Waals surface area contributed by atoms with E-state index in [0.29, 0.717) is 12.0 Å². The van der Waals surface area contributed by atoms with E-state index in [1.54, 1.807) is 0 Å². The van der Waals surface area contributed by atoms with Crippen LogP contribution in [0.4, 0.5) is 0 Å². The van der Waals surface area contributed by atoms with Crippen molar-refractivity contribution in [2.24, 2.45) is 0 Å². The van der Waals surface area contributed by atoms with Crippen LogP contribution in [0.15, 0.2) is 24.3 Å². The van der Waals surface area contributed by atoms with Crippen molar-refractivity contribution in [3.8, 4) is 5.75 Å². The quantitative estimate of drug-likeness (QED) is 0.925. The Morgan fingerprint density at radius 2 is 2.19 bits per heavy atom. The molecule has 3 unspecified atom stereocenters. The molecule has 0 saturated carbocycles. The van der Waals surface area contributed by atoms with E-state index < -0.39 is 0 Å². The van der Waals surface area contributed by atoms with E-state index in [0.717, 1.165) is 38.4 Å². The first-order valence-corrected chi connectivity index (χ1v) is 8.32. The summed E-state index contributed by atoms with van der Waals surface area (Å²) in [5.41, 5.74) is 1.66. The second kappa shape index (κ2) is 5.98. The van der Waals surface area contributed by atoms with Gasteiger partial charge >= 0.3 is 0 Å². The van der Waals surface area contributed by atoms with Crippen LogP contribution in [0.1, 0.15) is 45.1 Å². The Balaban J connectivity index is 1.74. The Morgan fingerprint density at radius 1 is 1.38 bits per heavy atom. The largest absolute Gasteiger partial charge is 0.493 e. The smallest absolute Gasteiger partial charge is 0.122 e. The summed E-state index contributed by atoms with van der Waals surface area (Å²) in [7, 11) is 0. The number of para-hydroxylation sites is 1. The van der Waals surface area contributed by atoms with Crippen molar-refractivity contribution in [3.05, 3.63) is 29.8 Å². The molecule has 0 bridgehead atoms. The summed E-state index contributed by atoms with van der Waals surface area (Å²) >= 11 is 0. The Morgan fingerprint density at radius 3 is 3.00 bits per heavy atom. The molecule has 0 aliphatic carbocycles. The van der Waals surface area contributed by atoms with Crippen molar-refractivity contribution >= 4 is 0 Å². The fraction of sp³-hybridized carbons (Fsp3) is 0.667. The molecule has 0 radical (unpaired) electrons. The van der Waals surface area contributed by atoms with E-state index >= 15 is 0 Å². The van der Waals surface area contributed by atoms with Crippen LogP contribution in [0.25, 0.3) is 0 Å². The predicted molar refractivity (Wildman–Crippen MR) is 87.0 cm³/mol. The van der Waals surface area contributed by atoms with E-state index in [-0.39, 0.29) is 5.54 Å². The van der Waals surface area contributed by atoms with Crippen LogP contribution in [0, 0.1) is 0 Å². The van der Waals surface area contributed by atoms with Crippen molar-refractivity contribution < 1.29 is 4.74 Å². The zero-order chi connectivity index (χ0) is 14.9. The minimum Gasteiger partial charge on any atom is -0.493 e. The van der Waals surface area contributed by atoms with E-state index in [1.807, 2.05) is 0 Å². The molecule has 2 heterocycles. The van der Waals surface area contributed by atoms with Crippen LogP contribution in [0.3, 0.4) is 0 Å². The second-order valence-corrected chi connectivity index (χ2v) is 6.95. The molecule has 1 N–H and O–H groups in total. The Labute approximate surface area is 128 Å². The molecule has 3 atom stereocenters. The minimum atomic E-state index is 0.261. The summed E-state index contributed by atoms with van der Waals surface area (Å²) in [6.07, 6.45) is 2.32. The Bertz CT molecular complexity index is 490. The zero-order valence-corrected chi connectivity index (χ0v) is 13.6. The van der Waals surface area contributed by atoms with Crippen molar-refractivity contribution in [2.75, 3.05) is 26.2 Å². The third-order valence-electron chi connectivity index (χ3n) is 5.32. The fourth-order valence-corrected chi connectivity index (χ4v) is 3.55. The summed E-state index contributed by atoms with van der Waals surface area (Å²) in [5.74, 6) is 1.70. The maximum atomic E-state index is 5.80.